The Labute approximate surface area is 140 Å². The summed E-state index contributed by atoms with van der Waals surface area (Å²) in [7, 11) is 0. The summed E-state index contributed by atoms with van der Waals surface area (Å²) in [5.74, 6) is 0.0228. The molecule has 22 heavy (non-hydrogen) atoms. The molecule has 0 saturated heterocycles. The molecule has 0 bridgehead atoms. The lowest BCUT2D eigenvalue weighted by Gasteiger charge is -2.13. The molecule has 0 aromatic heterocycles. The van der Waals surface area contributed by atoms with E-state index in [0.717, 1.165) is 27.0 Å². The SMILES string of the molecule is Cc1cc(C)c(NC(=O)CCNc2ccccc2Br)c(C)c1. The van der Waals surface area contributed by atoms with Gasteiger partial charge in [-0.3, -0.25) is 4.79 Å². The smallest absolute Gasteiger partial charge is 0.226 e. The highest BCUT2D eigenvalue weighted by Gasteiger charge is 2.08. The fraction of sp³-hybridized carbons (Fsp3) is 0.278. The zero-order valence-electron chi connectivity index (χ0n) is 13.2. The minimum Gasteiger partial charge on any atom is -0.384 e. The zero-order chi connectivity index (χ0) is 16.1. The van der Waals surface area contributed by atoms with E-state index in [9.17, 15) is 4.79 Å². The van der Waals surface area contributed by atoms with Gasteiger partial charge in [-0.25, -0.2) is 0 Å². The van der Waals surface area contributed by atoms with Gasteiger partial charge in [-0.1, -0.05) is 29.8 Å². The van der Waals surface area contributed by atoms with Gasteiger partial charge in [0, 0.05) is 28.8 Å². The molecule has 4 heteroatoms. The van der Waals surface area contributed by atoms with Gasteiger partial charge in [0.2, 0.25) is 5.91 Å². The van der Waals surface area contributed by atoms with E-state index in [1.54, 1.807) is 0 Å². The van der Waals surface area contributed by atoms with Crippen molar-refractivity contribution in [2.24, 2.45) is 0 Å². The molecule has 0 aliphatic heterocycles. The molecule has 0 unspecified atom stereocenters. The number of para-hydroxylation sites is 1. The average Bonchev–Trinajstić information content (AvgIpc) is 2.45. The first kappa shape index (κ1) is 16.6. The molecule has 0 atom stereocenters. The Morgan fingerprint density at radius 3 is 2.36 bits per heavy atom. The van der Waals surface area contributed by atoms with E-state index >= 15 is 0 Å². The molecule has 2 rings (SSSR count). The fourth-order valence-corrected chi connectivity index (χ4v) is 2.92. The molecule has 0 fully saturated rings. The van der Waals surface area contributed by atoms with Crippen LogP contribution in [0.15, 0.2) is 40.9 Å². The molecule has 2 aromatic rings. The molecular weight excluding hydrogens is 340 g/mol. The third kappa shape index (κ3) is 4.34. The first-order valence-electron chi connectivity index (χ1n) is 7.33. The first-order chi connectivity index (χ1) is 10.5. The monoisotopic (exact) mass is 360 g/mol. The van der Waals surface area contributed by atoms with Crippen molar-refractivity contribution >= 4 is 33.2 Å². The second-order valence-electron chi connectivity index (χ2n) is 5.48. The maximum atomic E-state index is 12.1. The van der Waals surface area contributed by atoms with Crippen molar-refractivity contribution in [1.82, 2.24) is 0 Å². The molecule has 0 aliphatic rings. The molecule has 0 saturated carbocycles. The second kappa shape index (κ2) is 7.45. The van der Waals surface area contributed by atoms with Crippen LogP contribution in [0, 0.1) is 20.8 Å². The Kier molecular flexibility index (Phi) is 5.61. The fourth-order valence-electron chi connectivity index (χ4n) is 2.49. The number of carbonyl (C=O) groups is 1. The van der Waals surface area contributed by atoms with E-state index in [1.165, 1.54) is 5.56 Å². The van der Waals surface area contributed by atoms with Gasteiger partial charge in [0.25, 0.3) is 0 Å². The predicted octanol–water partition coefficient (Wildman–Crippen LogP) is 4.82. The number of nitrogens with one attached hydrogen (secondary N) is 2. The van der Waals surface area contributed by atoms with E-state index < -0.39 is 0 Å². The summed E-state index contributed by atoms with van der Waals surface area (Å²) in [4.78, 5) is 12.1. The van der Waals surface area contributed by atoms with Crippen LogP contribution in [-0.2, 0) is 4.79 Å². The van der Waals surface area contributed by atoms with Crippen LogP contribution in [0.4, 0.5) is 11.4 Å². The molecule has 116 valence electrons. The Hall–Kier alpha value is -1.81. The number of aryl methyl sites for hydroxylation is 3. The summed E-state index contributed by atoms with van der Waals surface area (Å²) in [5, 5.41) is 6.28. The normalized spacial score (nSPS) is 10.4. The highest BCUT2D eigenvalue weighted by molar-refractivity contribution is 9.10. The summed E-state index contributed by atoms with van der Waals surface area (Å²) >= 11 is 3.48. The number of carbonyl (C=O) groups excluding carboxylic acids is 1. The van der Waals surface area contributed by atoms with Crippen LogP contribution in [-0.4, -0.2) is 12.5 Å². The average molecular weight is 361 g/mol. The lowest BCUT2D eigenvalue weighted by atomic mass is 10.1. The number of anilines is 2. The predicted molar refractivity (Wildman–Crippen MR) is 96.5 cm³/mol. The Morgan fingerprint density at radius 2 is 1.73 bits per heavy atom. The largest absolute Gasteiger partial charge is 0.384 e. The third-order valence-corrected chi connectivity index (χ3v) is 4.17. The zero-order valence-corrected chi connectivity index (χ0v) is 14.8. The minimum atomic E-state index is 0.0228. The molecule has 2 aromatic carbocycles. The van der Waals surface area contributed by atoms with Gasteiger partial charge in [-0.2, -0.15) is 0 Å². The van der Waals surface area contributed by atoms with Crippen LogP contribution in [0.1, 0.15) is 23.1 Å². The number of amides is 1. The van der Waals surface area contributed by atoms with Crippen molar-refractivity contribution in [1.29, 1.82) is 0 Å². The van der Waals surface area contributed by atoms with Crippen molar-refractivity contribution < 1.29 is 4.79 Å². The van der Waals surface area contributed by atoms with Crippen molar-refractivity contribution in [2.75, 3.05) is 17.2 Å². The first-order valence-corrected chi connectivity index (χ1v) is 8.13. The molecule has 2 N–H and O–H groups in total. The number of hydrogen-bond acceptors (Lipinski definition) is 2. The van der Waals surface area contributed by atoms with Gasteiger partial charge in [-0.05, 0) is 60.0 Å². The third-order valence-electron chi connectivity index (χ3n) is 3.48. The summed E-state index contributed by atoms with van der Waals surface area (Å²) in [5.41, 5.74) is 5.34. The molecular formula is C18H21BrN2O. The number of rotatable bonds is 5. The van der Waals surface area contributed by atoms with Gasteiger partial charge < -0.3 is 10.6 Å². The summed E-state index contributed by atoms with van der Waals surface area (Å²) < 4.78 is 1.00. The topological polar surface area (TPSA) is 41.1 Å². The van der Waals surface area contributed by atoms with Crippen molar-refractivity contribution in [2.45, 2.75) is 27.2 Å². The van der Waals surface area contributed by atoms with Crippen LogP contribution in [0.2, 0.25) is 0 Å². The van der Waals surface area contributed by atoms with E-state index in [2.05, 4.69) is 45.6 Å². The standard InChI is InChI=1S/C18H21BrN2O/c1-12-10-13(2)18(14(3)11-12)21-17(22)8-9-20-16-7-5-4-6-15(16)19/h4-7,10-11,20H,8-9H2,1-3H3,(H,21,22). The van der Waals surface area contributed by atoms with E-state index in [0.29, 0.717) is 13.0 Å². The lowest BCUT2D eigenvalue weighted by Crippen LogP contribution is -2.17. The van der Waals surface area contributed by atoms with Crippen LogP contribution >= 0.6 is 15.9 Å². The van der Waals surface area contributed by atoms with E-state index in [-0.39, 0.29) is 5.91 Å². The summed E-state index contributed by atoms with van der Waals surface area (Å²) in [6, 6.07) is 12.1. The van der Waals surface area contributed by atoms with Gasteiger partial charge in [0.15, 0.2) is 0 Å². The summed E-state index contributed by atoms with van der Waals surface area (Å²) in [6.07, 6.45) is 0.425. The number of hydrogen-bond donors (Lipinski definition) is 2. The second-order valence-corrected chi connectivity index (χ2v) is 6.33. The molecule has 0 aliphatic carbocycles. The number of benzene rings is 2. The quantitative estimate of drug-likeness (QED) is 0.802. The van der Waals surface area contributed by atoms with Crippen LogP contribution in [0.5, 0.6) is 0 Å². The molecule has 0 spiro atoms. The lowest BCUT2D eigenvalue weighted by molar-refractivity contribution is -0.115. The van der Waals surface area contributed by atoms with Gasteiger partial charge in [-0.15, -0.1) is 0 Å². The van der Waals surface area contributed by atoms with Crippen molar-refractivity contribution in [3.63, 3.8) is 0 Å². The van der Waals surface area contributed by atoms with Crippen molar-refractivity contribution in [3.05, 3.63) is 57.6 Å². The van der Waals surface area contributed by atoms with Crippen LogP contribution in [0.3, 0.4) is 0 Å². The molecule has 0 radical (unpaired) electrons. The highest BCUT2D eigenvalue weighted by Crippen LogP contribution is 2.23. The van der Waals surface area contributed by atoms with Crippen LogP contribution < -0.4 is 10.6 Å². The van der Waals surface area contributed by atoms with Crippen molar-refractivity contribution in [3.8, 4) is 0 Å². The highest BCUT2D eigenvalue weighted by atomic mass is 79.9. The molecule has 3 nitrogen and oxygen atoms in total. The summed E-state index contributed by atoms with van der Waals surface area (Å²) in [6.45, 7) is 6.70. The maximum absolute atomic E-state index is 12.1. The molecule has 0 heterocycles. The Morgan fingerprint density at radius 1 is 1.09 bits per heavy atom. The number of halogens is 1. The Bertz CT molecular complexity index is 660. The van der Waals surface area contributed by atoms with Gasteiger partial charge >= 0.3 is 0 Å². The van der Waals surface area contributed by atoms with Gasteiger partial charge in [0.1, 0.15) is 0 Å². The maximum Gasteiger partial charge on any atom is 0.226 e. The van der Waals surface area contributed by atoms with E-state index in [1.807, 2.05) is 38.1 Å². The van der Waals surface area contributed by atoms with Crippen LogP contribution in [0.25, 0.3) is 0 Å². The Balaban J connectivity index is 1.90. The van der Waals surface area contributed by atoms with E-state index in [4.69, 9.17) is 0 Å². The molecule has 1 amide bonds. The minimum absolute atomic E-state index is 0.0228. The van der Waals surface area contributed by atoms with Gasteiger partial charge in [0.05, 0.1) is 0 Å².